The molecule has 1 aliphatic carbocycles. The number of hydrogen-bond donors (Lipinski definition) is 1. The number of hydrogen-bond acceptors (Lipinski definition) is 3. The summed E-state index contributed by atoms with van der Waals surface area (Å²) in [7, 11) is 0. The van der Waals surface area contributed by atoms with E-state index in [4.69, 9.17) is 10.5 Å². The molecule has 2 rings (SSSR count). The molecule has 0 amide bonds. The van der Waals surface area contributed by atoms with Gasteiger partial charge in [-0.25, -0.2) is 4.98 Å². The number of alkyl halides is 3. The van der Waals surface area contributed by atoms with Crippen LogP contribution in [0.4, 0.5) is 13.2 Å². The van der Waals surface area contributed by atoms with Crippen molar-refractivity contribution in [2.75, 3.05) is 6.61 Å². The van der Waals surface area contributed by atoms with Gasteiger partial charge in [0.2, 0.25) is 5.88 Å². The summed E-state index contributed by atoms with van der Waals surface area (Å²) in [5.41, 5.74) is 5.11. The molecule has 0 saturated heterocycles. The predicted molar refractivity (Wildman–Crippen MR) is 69.4 cm³/mol. The first-order valence-electron chi connectivity index (χ1n) is 6.84. The number of rotatable bonds is 3. The Kier molecular flexibility index (Phi) is 4.52. The van der Waals surface area contributed by atoms with Crippen molar-refractivity contribution in [3.63, 3.8) is 0 Å². The molecular weight excluding hydrogens is 269 g/mol. The van der Waals surface area contributed by atoms with E-state index in [2.05, 4.69) is 4.98 Å². The SMILES string of the molecule is NC1(COc2ccc(C(F)(F)F)cn2)CCCCCC1. The van der Waals surface area contributed by atoms with Crippen LogP contribution in [-0.2, 0) is 6.18 Å². The number of aromatic nitrogens is 1. The van der Waals surface area contributed by atoms with Crippen molar-refractivity contribution < 1.29 is 17.9 Å². The Morgan fingerprint density at radius 1 is 1.15 bits per heavy atom. The van der Waals surface area contributed by atoms with Gasteiger partial charge in [0.15, 0.2) is 0 Å². The Bertz CT molecular complexity index is 423. The maximum absolute atomic E-state index is 12.4. The molecule has 3 nitrogen and oxygen atoms in total. The molecule has 1 aromatic rings. The standard InChI is InChI=1S/C14H19F3N2O/c15-14(16,17)11-5-6-12(19-9-11)20-10-13(18)7-3-1-2-4-8-13/h5-6,9H,1-4,7-8,10,18H2. The topological polar surface area (TPSA) is 48.1 Å². The van der Waals surface area contributed by atoms with E-state index in [0.717, 1.165) is 37.9 Å². The Hall–Kier alpha value is -1.30. The summed E-state index contributed by atoms with van der Waals surface area (Å²) in [5, 5.41) is 0. The molecule has 1 saturated carbocycles. The summed E-state index contributed by atoms with van der Waals surface area (Å²) >= 11 is 0. The van der Waals surface area contributed by atoms with Gasteiger partial charge in [0, 0.05) is 12.3 Å². The van der Waals surface area contributed by atoms with E-state index >= 15 is 0 Å². The van der Waals surface area contributed by atoms with Crippen LogP contribution >= 0.6 is 0 Å². The van der Waals surface area contributed by atoms with Crippen molar-refractivity contribution in [1.82, 2.24) is 4.98 Å². The maximum atomic E-state index is 12.4. The van der Waals surface area contributed by atoms with Crippen LogP contribution in [0, 0.1) is 0 Å². The van der Waals surface area contributed by atoms with Crippen LogP contribution in [0.1, 0.15) is 44.1 Å². The number of nitrogens with zero attached hydrogens (tertiary/aromatic N) is 1. The third-order valence-electron chi connectivity index (χ3n) is 3.67. The van der Waals surface area contributed by atoms with E-state index in [1.165, 1.54) is 18.9 Å². The molecule has 0 unspecified atom stereocenters. The van der Waals surface area contributed by atoms with Gasteiger partial charge in [-0.1, -0.05) is 25.7 Å². The number of nitrogens with two attached hydrogens (primary N) is 1. The van der Waals surface area contributed by atoms with E-state index in [0.29, 0.717) is 6.61 Å². The summed E-state index contributed by atoms with van der Waals surface area (Å²) in [6, 6.07) is 2.21. The van der Waals surface area contributed by atoms with Crippen molar-refractivity contribution in [2.24, 2.45) is 5.73 Å². The van der Waals surface area contributed by atoms with E-state index in [9.17, 15) is 13.2 Å². The molecule has 1 aromatic heterocycles. The van der Waals surface area contributed by atoms with Crippen molar-refractivity contribution in [3.8, 4) is 5.88 Å². The van der Waals surface area contributed by atoms with Gasteiger partial charge in [0.25, 0.3) is 0 Å². The largest absolute Gasteiger partial charge is 0.476 e. The molecule has 2 N–H and O–H groups in total. The molecule has 20 heavy (non-hydrogen) atoms. The lowest BCUT2D eigenvalue weighted by Gasteiger charge is -2.27. The highest BCUT2D eigenvalue weighted by atomic mass is 19.4. The summed E-state index contributed by atoms with van der Waals surface area (Å²) < 4.78 is 42.7. The third kappa shape index (κ3) is 4.10. The molecule has 112 valence electrons. The van der Waals surface area contributed by atoms with Crippen LogP contribution in [0.3, 0.4) is 0 Å². The minimum absolute atomic E-state index is 0.187. The number of pyridine rings is 1. The van der Waals surface area contributed by atoms with Crippen LogP contribution in [0.5, 0.6) is 5.88 Å². The van der Waals surface area contributed by atoms with E-state index in [-0.39, 0.29) is 11.4 Å². The summed E-state index contributed by atoms with van der Waals surface area (Å²) in [6.07, 6.45) is 2.67. The number of halogens is 3. The van der Waals surface area contributed by atoms with Gasteiger partial charge in [-0.3, -0.25) is 0 Å². The minimum atomic E-state index is -4.37. The van der Waals surface area contributed by atoms with Gasteiger partial charge in [0.1, 0.15) is 6.61 Å². The van der Waals surface area contributed by atoms with Gasteiger partial charge >= 0.3 is 6.18 Å². The summed E-state index contributed by atoms with van der Waals surface area (Å²) in [5.74, 6) is 0.187. The molecule has 1 heterocycles. The monoisotopic (exact) mass is 288 g/mol. The number of ether oxygens (including phenoxy) is 1. The van der Waals surface area contributed by atoms with Gasteiger partial charge < -0.3 is 10.5 Å². The molecule has 1 fully saturated rings. The first-order chi connectivity index (χ1) is 9.39. The first-order valence-corrected chi connectivity index (χ1v) is 6.84. The molecule has 0 radical (unpaired) electrons. The zero-order valence-corrected chi connectivity index (χ0v) is 11.2. The van der Waals surface area contributed by atoms with Gasteiger partial charge in [-0.2, -0.15) is 13.2 Å². The molecule has 0 bridgehead atoms. The molecule has 0 atom stereocenters. The van der Waals surface area contributed by atoms with Crippen LogP contribution in [0.15, 0.2) is 18.3 Å². The van der Waals surface area contributed by atoms with Gasteiger partial charge in [-0.15, -0.1) is 0 Å². The van der Waals surface area contributed by atoms with Crippen molar-refractivity contribution in [3.05, 3.63) is 23.9 Å². The fraction of sp³-hybridized carbons (Fsp3) is 0.643. The maximum Gasteiger partial charge on any atom is 0.417 e. The van der Waals surface area contributed by atoms with E-state index in [1.54, 1.807) is 0 Å². The summed E-state index contributed by atoms with van der Waals surface area (Å²) in [4.78, 5) is 3.69. The third-order valence-corrected chi connectivity index (χ3v) is 3.67. The molecular formula is C14H19F3N2O. The fourth-order valence-corrected chi connectivity index (χ4v) is 2.43. The second-order valence-corrected chi connectivity index (χ2v) is 5.45. The van der Waals surface area contributed by atoms with Crippen molar-refractivity contribution in [2.45, 2.75) is 50.2 Å². The van der Waals surface area contributed by atoms with E-state index in [1.807, 2.05) is 0 Å². The predicted octanol–water partition coefficient (Wildman–Crippen LogP) is 3.53. The van der Waals surface area contributed by atoms with Crippen LogP contribution < -0.4 is 10.5 Å². The van der Waals surface area contributed by atoms with Crippen LogP contribution in [0.25, 0.3) is 0 Å². The second kappa shape index (κ2) is 5.99. The normalized spacial score (nSPS) is 19.4. The Morgan fingerprint density at radius 2 is 1.80 bits per heavy atom. The minimum Gasteiger partial charge on any atom is -0.476 e. The highest BCUT2D eigenvalue weighted by Crippen LogP contribution is 2.30. The zero-order chi connectivity index (χ0) is 14.6. The molecule has 6 heteroatoms. The lowest BCUT2D eigenvalue weighted by atomic mass is 9.93. The molecule has 0 aromatic carbocycles. The Balaban J connectivity index is 1.93. The van der Waals surface area contributed by atoms with Crippen LogP contribution in [-0.4, -0.2) is 17.1 Å². The van der Waals surface area contributed by atoms with Crippen molar-refractivity contribution >= 4 is 0 Å². The Morgan fingerprint density at radius 3 is 2.30 bits per heavy atom. The highest BCUT2D eigenvalue weighted by Gasteiger charge is 2.31. The zero-order valence-electron chi connectivity index (χ0n) is 11.2. The average molecular weight is 288 g/mol. The molecule has 0 spiro atoms. The average Bonchev–Trinajstić information content (AvgIpc) is 2.61. The highest BCUT2D eigenvalue weighted by molar-refractivity contribution is 5.20. The lowest BCUT2D eigenvalue weighted by molar-refractivity contribution is -0.137. The molecule has 0 aliphatic heterocycles. The molecule has 1 aliphatic rings. The quantitative estimate of drug-likeness (QED) is 0.866. The smallest absolute Gasteiger partial charge is 0.417 e. The summed E-state index contributed by atoms with van der Waals surface area (Å²) in [6.45, 7) is 0.297. The fourth-order valence-electron chi connectivity index (χ4n) is 2.43. The van der Waals surface area contributed by atoms with Gasteiger partial charge in [0.05, 0.1) is 11.1 Å². The second-order valence-electron chi connectivity index (χ2n) is 5.45. The van der Waals surface area contributed by atoms with E-state index < -0.39 is 11.7 Å². The van der Waals surface area contributed by atoms with Crippen molar-refractivity contribution in [1.29, 1.82) is 0 Å². The van der Waals surface area contributed by atoms with Crippen LogP contribution in [0.2, 0.25) is 0 Å². The van der Waals surface area contributed by atoms with Gasteiger partial charge in [-0.05, 0) is 18.9 Å². The lowest BCUT2D eigenvalue weighted by Crippen LogP contribution is -2.45. The first kappa shape index (κ1) is 15.1. The Labute approximate surface area is 116 Å².